The minimum Gasteiger partial charge on any atom is -0.444 e. The van der Waals surface area contributed by atoms with E-state index in [0.717, 1.165) is 16.0 Å². The maximum atomic E-state index is 13.4. The highest BCUT2D eigenvalue weighted by molar-refractivity contribution is 5.99. The quantitative estimate of drug-likeness (QED) is 0.202. The first kappa shape index (κ1) is 35.1. The highest BCUT2D eigenvalue weighted by atomic mass is 16.6. The van der Waals surface area contributed by atoms with Gasteiger partial charge in [-0.25, -0.2) is 9.69 Å². The Labute approximate surface area is 253 Å². The Kier molecular flexibility index (Phi) is 15.1. The zero-order valence-electron chi connectivity index (χ0n) is 25.0. The number of hydrogen-bond donors (Lipinski definition) is 4. The van der Waals surface area contributed by atoms with Gasteiger partial charge >= 0.3 is 6.09 Å². The van der Waals surface area contributed by atoms with Gasteiger partial charge in [0.25, 0.3) is 0 Å². The van der Waals surface area contributed by atoms with E-state index in [1.807, 2.05) is 36.4 Å². The SMILES string of the molecule is CC(CO)C([C]=O)NC(=O)CCCC[C@@H](Cc1ccccc1)NC(=O)[C@H](C)N(C(=O)OCc1ccccc1)C(=O)[C@H](C)N. The van der Waals surface area contributed by atoms with E-state index in [4.69, 9.17) is 10.5 Å². The first-order valence-electron chi connectivity index (χ1n) is 14.5. The number of amides is 4. The molecule has 0 saturated carbocycles. The van der Waals surface area contributed by atoms with E-state index in [-0.39, 0.29) is 31.6 Å². The van der Waals surface area contributed by atoms with Gasteiger partial charge < -0.3 is 26.2 Å². The van der Waals surface area contributed by atoms with E-state index in [0.29, 0.717) is 25.7 Å². The number of hydrogen-bond acceptors (Lipinski definition) is 8. The van der Waals surface area contributed by atoms with Crippen molar-refractivity contribution < 1.29 is 33.8 Å². The molecule has 0 aliphatic carbocycles. The molecule has 1 radical (unpaired) electrons. The number of nitrogens with one attached hydrogen (secondary N) is 2. The van der Waals surface area contributed by atoms with Crippen LogP contribution in [0.4, 0.5) is 4.79 Å². The van der Waals surface area contributed by atoms with Crippen LogP contribution in [0.3, 0.4) is 0 Å². The topological polar surface area (TPSA) is 168 Å². The number of aliphatic hydroxyl groups is 1. The van der Waals surface area contributed by atoms with Crippen molar-refractivity contribution in [2.75, 3.05) is 6.61 Å². The van der Waals surface area contributed by atoms with Crippen LogP contribution in [0.1, 0.15) is 57.6 Å². The van der Waals surface area contributed by atoms with Gasteiger partial charge in [0, 0.05) is 25.0 Å². The van der Waals surface area contributed by atoms with Crippen LogP contribution in [0.2, 0.25) is 0 Å². The Morgan fingerprint density at radius 3 is 2.09 bits per heavy atom. The second-order valence-corrected chi connectivity index (χ2v) is 10.7. The van der Waals surface area contributed by atoms with Crippen LogP contribution in [0.15, 0.2) is 60.7 Å². The number of carbonyl (C=O) groups is 4. The summed E-state index contributed by atoms with van der Waals surface area (Å²) in [5.41, 5.74) is 7.50. The van der Waals surface area contributed by atoms with E-state index < -0.39 is 42.0 Å². The molecule has 11 nitrogen and oxygen atoms in total. The minimum atomic E-state index is -1.20. The van der Waals surface area contributed by atoms with E-state index in [1.54, 1.807) is 37.5 Å². The van der Waals surface area contributed by atoms with E-state index in [1.165, 1.54) is 13.8 Å². The van der Waals surface area contributed by atoms with Gasteiger partial charge in [0.15, 0.2) is 0 Å². The predicted molar refractivity (Wildman–Crippen MR) is 161 cm³/mol. The van der Waals surface area contributed by atoms with E-state index in [2.05, 4.69) is 10.6 Å². The fourth-order valence-corrected chi connectivity index (χ4v) is 4.33. The van der Waals surface area contributed by atoms with E-state index in [9.17, 15) is 29.1 Å². The standard InChI is InChI=1S/C32H43N4O7/c1-22(19-37)28(20-38)35-29(39)17-11-10-16-27(18-25-12-6-4-7-13-25)34-30(40)24(3)36(31(41)23(2)33)32(42)43-21-26-14-8-5-9-15-26/h4-9,12-15,22-24,27-28,37H,10-11,16-19,21,33H2,1-3H3,(H,34,40)(H,35,39)/t22?,23-,24-,27-,28?/m0/s1. The van der Waals surface area contributed by atoms with Crippen LogP contribution in [-0.2, 0) is 36.9 Å². The van der Waals surface area contributed by atoms with Crippen molar-refractivity contribution in [2.24, 2.45) is 11.7 Å². The average Bonchev–Trinajstić information content (AvgIpc) is 3.01. The zero-order chi connectivity index (χ0) is 31.8. The van der Waals surface area contributed by atoms with Crippen molar-refractivity contribution in [1.29, 1.82) is 0 Å². The third-order valence-electron chi connectivity index (χ3n) is 6.97. The smallest absolute Gasteiger partial charge is 0.417 e. The largest absolute Gasteiger partial charge is 0.444 e. The number of unbranched alkanes of at least 4 members (excludes halogenated alkanes) is 1. The number of imide groups is 1. The summed E-state index contributed by atoms with van der Waals surface area (Å²) in [4.78, 5) is 63.5. The summed E-state index contributed by atoms with van der Waals surface area (Å²) in [5, 5.41) is 14.8. The summed E-state index contributed by atoms with van der Waals surface area (Å²) >= 11 is 0. The second-order valence-electron chi connectivity index (χ2n) is 10.7. The van der Waals surface area contributed by atoms with Crippen molar-refractivity contribution in [3.05, 3.63) is 71.8 Å². The Bertz CT molecular complexity index is 1180. The van der Waals surface area contributed by atoms with Gasteiger partial charge in [-0.05, 0) is 44.2 Å². The Morgan fingerprint density at radius 1 is 0.930 bits per heavy atom. The van der Waals surface area contributed by atoms with Crippen LogP contribution >= 0.6 is 0 Å². The highest BCUT2D eigenvalue weighted by Crippen LogP contribution is 2.14. The lowest BCUT2D eigenvalue weighted by Crippen LogP contribution is -2.56. The molecule has 5 atom stereocenters. The lowest BCUT2D eigenvalue weighted by atomic mass is 9.99. The minimum absolute atomic E-state index is 0.0779. The Hall–Kier alpha value is -4.09. The maximum absolute atomic E-state index is 13.4. The molecule has 5 N–H and O–H groups in total. The summed E-state index contributed by atoms with van der Waals surface area (Å²) in [7, 11) is 0. The molecular weight excluding hydrogens is 552 g/mol. The molecule has 0 heterocycles. The lowest BCUT2D eigenvalue weighted by molar-refractivity contribution is -0.139. The number of rotatable bonds is 17. The first-order valence-corrected chi connectivity index (χ1v) is 14.5. The molecular formula is C32H43N4O7. The number of aliphatic hydroxyl groups excluding tert-OH is 1. The summed E-state index contributed by atoms with van der Waals surface area (Å²) in [6, 6.07) is 15.0. The van der Waals surface area contributed by atoms with Gasteiger partial charge in [-0.1, -0.05) is 74.0 Å². The van der Waals surface area contributed by atoms with Gasteiger partial charge in [-0.2, -0.15) is 0 Å². The lowest BCUT2D eigenvalue weighted by Gasteiger charge is -2.29. The van der Waals surface area contributed by atoms with Crippen LogP contribution in [0.25, 0.3) is 0 Å². The molecule has 0 saturated heterocycles. The molecule has 4 amide bonds. The van der Waals surface area contributed by atoms with Gasteiger partial charge in [-0.3, -0.25) is 19.2 Å². The van der Waals surface area contributed by atoms with Crippen LogP contribution < -0.4 is 16.4 Å². The van der Waals surface area contributed by atoms with Gasteiger partial charge in [0.05, 0.1) is 6.04 Å². The Balaban J connectivity index is 2.06. The number of nitrogens with zero attached hydrogens (tertiary/aromatic N) is 1. The maximum Gasteiger partial charge on any atom is 0.417 e. The van der Waals surface area contributed by atoms with Crippen molar-refractivity contribution >= 4 is 30.1 Å². The number of carbonyl (C=O) groups excluding carboxylic acids is 5. The monoisotopic (exact) mass is 595 g/mol. The van der Waals surface area contributed by atoms with Crippen molar-refractivity contribution in [3.8, 4) is 0 Å². The number of nitrogens with two attached hydrogens (primary N) is 1. The fourth-order valence-electron chi connectivity index (χ4n) is 4.33. The summed E-state index contributed by atoms with van der Waals surface area (Å²) in [6.07, 6.45) is 2.99. The van der Waals surface area contributed by atoms with Gasteiger partial charge in [-0.15, -0.1) is 0 Å². The second kappa shape index (κ2) is 18.4. The van der Waals surface area contributed by atoms with E-state index >= 15 is 0 Å². The van der Waals surface area contributed by atoms with Crippen molar-refractivity contribution in [3.63, 3.8) is 0 Å². The molecule has 0 aromatic heterocycles. The molecule has 11 heteroatoms. The third kappa shape index (κ3) is 12.0. The third-order valence-corrected chi connectivity index (χ3v) is 6.97. The van der Waals surface area contributed by atoms with Crippen LogP contribution in [0, 0.1) is 5.92 Å². The predicted octanol–water partition coefficient (Wildman–Crippen LogP) is 2.40. The van der Waals surface area contributed by atoms with Gasteiger partial charge in [0.2, 0.25) is 24.0 Å². The molecule has 2 aromatic carbocycles. The fraction of sp³-hybridized carbons (Fsp3) is 0.469. The molecule has 2 unspecified atom stereocenters. The molecule has 233 valence electrons. The van der Waals surface area contributed by atoms with Crippen LogP contribution in [0.5, 0.6) is 0 Å². The molecule has 43 heavy (non-hydrogen) atoms. The number of benzene rings is 2. The van der Waals surface area contributed by atoms with Crippen molar-refractivity contribution in [2.45, 2.75) is 83.6 Å². The molecule has 0 aliphatic rings. The zero-order valence-corrected chi connectivity index (χ0v) is 25.0. The summed E-state index contributed by atoms with van der Waals surface area (Å²) in [5.74, 6) is -2.07. The molecule has 2 aromatic rings. The molecule has 0 aliphatic heterocycles. The normalized spacial score (nSPS) is 14.3. The summed E-state index contributed by atoms with van der Waals surface area (Å²) < 4.78 is 5.35. The summed E-state index contributed by atoms with van der Waals surface area (Å²) in [6.45, 7) is 4.18. The molecule has 0 bridgehead atoms. The van der Waals surface area contributed by atoms with Crippen LogP contribution in [-0.4, -0.2) is 70.9 Å². The highest BCUT2D eigenvalue weighted by Gasteiger charge is 2.35. The first-order chi connectivity index (χ1) is 20.6. The molecule has 0 spiro atoms. The Morgan fingerprint density at radius 2 is 1.53 bits per heavy atom. The molecule has 2 rings (SSSR count). The number of ether oxygens (including phenoxy) is 1. The van der Waals surface area contributed by atoms with Gasteiger partial charge in [0.1, 0.15) is 18.7 Å². The average molecular weight is 596 g/mol. The molecule has 0 fully saturated rings. The van der Waals surface area contributed by atoms with Crippen molar-refractivity contribution in [1.82, 2.24) is 15.5 Å².